The molecule has 16 aromatic rings. The molecule has 4 aromatic heterocycles. The summed E-state index contributed by atoms with van der Waals surface area (Å²) in [7, 11) is 0. The lowest BCUT2D eigenvalue weighted by Gasteiger charge is -2.22. The van der Waals surface area contributed by atoms with E-state index in [1.54, 1.807) is 55.2 Å². The molecule has 0 saturated heterocycles. The molecule has 105 heavy (non-hydrogen) atoms. The molecule has 2 aliphatic rings. The SMILES string of the molecule is O=C1C(=Cc2ccc(N(c3ccccc3)c3ccccc3)o2)C(=O)c2cc3ccccc3cc21.O=C1CC(=O)c2cc3ccccc3cc21.O=Cc1ccc(N(c2ccccc2)c2ccccc2)o1.c1ccc(Cc2ccccc2)cc1.c1ccc(N(c2ccccc2)c2ccco2)cc1.c1ccoc1. The Labute approximate surface area is 607 Å². The third-order valence-electron chi connectivity index (χ3n) is 17.1. The van der Waals surface area contributed by atoms with Crippen molar-refractivity contribution in [2.75, 3.05) is 14.7 Å². The molecule has 0 atom stereocenters. The third-order valence-corrected chi connectivity index (χ3v) is 17.1. The summed E-state index contributed by atoms with van der Waals surface area (Å²) in [4.78, 5) is 66.0. The summed E-state index contributed by atoms with van der Waals surface area (Å²) < 4.78 is 21.8. The van der Waals surface area contributed by atoms with Crippen molar-refractivity contribution in [1.82, 2.24) is 0 Å². The smallest absolute Gasteiger partial charge is 0.205 e. The van der Waals surface area contributed by atoms with Crippen molar-refractivity contribution in [3.8, 4) is 0 Å². The quantitative estimate of drug-likeness (QED) is 0.0468. The molecule has 0 amide bonds. The van der Waals surface area contributed by atoms with Crippen LogP contribution < -0.4 is 14.7 Å². The summed E-state index contributed by atoms with van der Waals surface area (Å²) in [5.74, 6) is 2.12. The number of anilines is 9. The number of fused-ring (bicyclic) bond motifs is 4. The lowest BCUT2D eigenvalue weighted by Crippen LogP contribution is -2.08. The van der Waals surface area contributed by atoms with E-state index in [0.29, 0.717) is 51.8 Å². The molecular formula is C93H69N3O9. The van der Waals surface area contributed by atoms with Crippen molar-refractivity contribution in [3.63, 3.8) is 0 Å². The van der Waals surface area contributed by atoms with Crippen LogP contribution in [0.25, 0.3) is 27.6 Å². The molecule has 0 spiro atoms. The summed E-state index contributed by atoms with van der Waals surface area (Å²) in [6, 6.07) is 118. The zero-order valence-corrected chi connectivity index (χ0v) is 57.0. The van der Waals surface area contributed by atoms with Gasteiger partial charge in [0.1, 0.15) is 5.76 Å². The molecule has 4 heterocycles. The number of ketones is 4. The topological polar surface area (TPSA) is 148 Å². The maximum atomic E-state index is 13.1. The van der Waals surface area contributed by atoms with Crippen molar-refractivity contribution in [2.45, 2.75) is 12.8 Å². The highest BCUT2D eigenvalue weighted by Crippen LogP contribution is 2.39. The number of furan rings is 4. The largest absolute Gasteiger partial charge is 0.473 e. The van der Waals surface area contributed by atoms with Crippen LogP contribution in [0.2, 0.25) is 0 Å². The van der Waals surface area contributed by atoms with Crippen molar-refractivity contribution < 1.29 is 41.6 Å². The van der Waals surface area contributed by atoms with Crippen LogP contribution in [0.5, 0.6) is 0 Å². The van der Waals surface area contributed by atoms with Gasteiger partial charge in [-0.05, 0) is 173 Å². The molecule has 0 unspecified atom stereocenters. The Morgan fingerprint density at radius 2 is 0.610 bits per heavy atom. The highest BCUT2D eigenvalue weighted by atomic mass is 16.4. The number of nitrogens with zero attached hydrogens (tertiary/aromatic N) is 3. The van der Waals surface area contributed by atoms with Gasteiger partial charge in [-0.1, -0.05) is 218 Å². The third kappa shape index (κ3) is 17.3. The van der Waals surface area contributed by atoms with Gasteiger partial charge in [-0.3, -0.25) is 38.7 Å². The minimum absolute atomic E-state index is 0.0334. The number of Topliss-reactive ketones (excluding diaryl/α,β-unsaturated/α-hetero) is 4. The van der Waals surface area contributed by atoms with E-state index in [2.05, 4.69) is 94.2 Å². The fourth-order valence-electron chi connectivity index (χ4n) is 12.1. The molecule has 0 bridgehead atoms. The van der Waals surface area contributed by atoms with Crippen LogP contribution >= 0.6 is 0 Å². The standard InChI is InChI=1S/C30H19NO3.C17H13NO2.C16H13NO.C13H8O2.C13H12.C4H4O/c32-29-25-17-20-9-7-8-10-21(20)18-26(25)30(33)27(29)19-24-15-16-28(34-24)31(22-11-3-1-4-12-22)23-13-5-2-6-14-23;19-13-16-11-12-17(20-16)18(14-7-3-1-4-8-14)15-9-5-2-6-10-15;1-3-8-14(9-4-1)17(16-12-7-13-18-16)15-10-5-2-6-11-15;14-12-7-13(15)11-6-9-4-2-1-3-8(9)5-10(11)12;1-3-7-12(8-4-1)11-13-9-5-2-6-10-13;1-2-4-5-3-1/h1-19H;1-13H;1-13H;1-6H,7H2;1-10H,11H2;1-4H. The average Bonchev–Trinajstić information content (AvgIpc) is 1.63. The van der Waals surface area contributed by atoms with E-state index in [0.717, 1.165) is 68.0 Å². The van der Waals surface area contributed by atoms with E-state index >= 15 is 0 Å². The number of rotatable bonds is 13. The summed E-state index contributed by atoms with van der Waals surface area (Å²) in [5.41, 5.74) is 10.9. The van der Waals surface area contributed by atoms with Gasteiger partial charge in [-0.25, -0.2) is 0 Å². The van der Waals surface area contributed by atoms with Gasteiger partial charge in [0, 0.05) is 74.6 Å². The van der Waals surface area contributed by atoms with E-state index in [4.69, 9.17) is 13.3 Å². The highest BCUT2D eigenvalue weighted by molar-refractivity contribution is 6.42. The number of allylic oxidation sites excluding steroid dienone is 1. The van der Waals surface area contributed by atoms with Gasteiger partial charge in [-0.15, -0.1) is 0 Å². The number of carbonyl (C=O) groups excluding carboxylic acids is 5. The number of carbonyl (C=O) groups is 5. The van der Waals surface area contributed by atoms with Crippen molar-refractivity contribution in [1.29, 1.82) is 0 Å². The Morgan fingerprint density at radius 1 is 0.295 bits per heavy atom. The lowest BCUT2D eigenvalue weighted by molar-refractivity contribution is 0.0919. The summed E-state index contributed by atoms with van der Waals surface area (Å²) in [5, 5.41) is 3.90. The Morgan fingerprint density at radius 3 is 0.924 bits per heavy atom. The van der Waals surface area contributed by atoms with Crippen LogP contribution in [0.15, 0.2) is 406 Å². The minimum atomic E-state index is -0.272. The van der Waals surface area contributed by atoms with E-state index < -0.39 is 0 Å². The van der Waals surface area contributed by atoms with Gasteiger partial charge in [0.2, 0.25) is 17.7 Å². The van der Waals surface area contributed by atoms with Gasteiger partial charge < -0.3 is 17.7 Å². The number of hydrogen-bond donors (Lipinski definition) is 0. The molecular weight excluding hydrogens is 1300 g/mol. The first-order valence-corrected chi connectivity index (χ1v) is 34.1. The van der Waals surface area contributed by atoms with Gasteiger partial charge >= 0.3 is 0 Å². The van der Waals surface area contributed by atoms with Crippen LogP contribution in [0, 0.1) is 0 Å². The summed E-state index contributed by atoms with van der Waals surface area (Å²) in [6.45, 7) is 0. The van der Waals surface area contributed by atoms with Gasteiger partial charge in [0.15, 0.2) is 35.2 Å². The van der Waals surface area contributed by atoms with E-state index in [1.807, 2.05) is 259 Å². The second-order valence-corrected chi connectivity index (χ2v) is 24.1. The monoisotopic (exact) mass is 1370 g/mol. The first-order valence-electron chi connectivity index (χ1n) is 34.1. The van der Waals surface area contributed by atoms with E-state index in [9.17, 15) is 24.0 Å². The van der Waals surface area contributed by atoms with Crippen molar-refractivity contribution >= 4 is 109 Å². The maximum absolute atomic E-state index is 13.1. The van der Waals surface area contributed by atoms with Crippen LogP contribution in [-0.2, 0) is 6.42 Å². The number of benzene rings is 12. The summed E-state index contributed by atoms with van der Waals surface area (Å²) in [6.07, 6.45) is 8.26. The highest BCUT2D eigenvalue weighted by Gasteiger charge is 2.34. The molecule has 0 aliphatic heterocycles. The van der Waals surface area contributed by atoms with Crippen LogP contribution in [0.1, 0.15) is 75.3 Å². The van der Waals surface area contributed by atoms with Gasteiger partial charge in [0.25, 0.3) is 0 Å². The van der Waals surface area contributed by atoms with Gasteiger partial charge in [-0.2, -0.15) is 0 Å². The van der Waals surface area contributed by atoms with E-state index in [-0.39, 0.29) is 35.1 Å². The lowest BCUT2D eigenvalue weighted by atomic mass is 10.0. The molecule has 0 N–H and O–H groups in total. The Kier molecular flexibility index (Phi) is 22.6. The fourth-order valence-corrected chi connectivity index (χ4v) is 12.1. The normalized spacial score (nSPS) is 11.5. The zero-order chi connectivity index (χ0) is 71.9. The molecule has 12 heteroatoms. The molecule has 0 saturated carbocycles. The molecule has 12 nitrogen and oxygen atoms in total. The first kappa shape index (κ1) is 69.3. The Balaban J connectivity index is 0.000000119. The predicted molar refractivity (Wildman–Crippen MR) is 418 cm³/mol. The van der Waals surface area contributed by atoms with Crippen molar-refractivity contribution in [2.24, 2.45) is 0 Å². The Hall–Kier alpha value is -14.2. The minimum Gasteiger partial charge on any atom is -0.473 e. The fraction of sp³-hybridized carbons (Fsp3) is 0.0215. The summed E-state index contributed by atoms with van der Waals surface area (Å²) >= 11 is 0. The van der Waals surface area contributed by atoms with E-state index in [1.165, 1.54) is 11.1 Å². The van der Waals surface area contributed by atoms with Crippen molar-refractivity contribution in [3.05, 3.63) is 433 Å². The van der Waals surface area contributed by atoms with Crippen LogP contribution in [0.4, 0.5) is 51.8 Å². The number of para-hydroxylation sites is 6. The molecule has 0 fully saturated rings. The van der Waals surface area contributed by atoms with Gasteiger partial charge in [0.05, 0.1) is 30.8 Å². The molecule has 0 radical (unpaired) electrons. The number of hydrogen-bond acceptors (Lipinski definition) is 12. The first-order chi connectivity index (χ1) is 51.7. The Bertz CT molecular complexity index is 5230. The predicted octanol–water partition coefficient (Wildman–Crippen LogP) is 23.8. The molecule has 2 aliphatic carbocycles. The molecule has 12 aromatic carbocycles. The second kappa shape index (κ2) is 34.2. The average molecular weight is 1370 g/mol. The second-order valence-electron chi connectivity index (χ2n) is 24.1. The van der Waals surface area contributed by atoms with Crippen LogP contribution in [0.3, 0.4) is 0 Å². The number of aldehydes is 1. The maximum Gasteiger partial charge on any atom is 0.205 e. The molecule has 510 valence electrons. The zero-order valence-electron chi connectivity index (χ0n) is 57.0. The van der Waals surface area contributed by atoms with Crippen LogP contribution in [-0.4, -0.2) is 29.4 Å². The molecule has 18 rings (SSSR count).